The Morgan fingerprint density at radius 1 is 0.968 bits per heavy atom. The fraction of sp³-hybridized carbons (Fsp3) is 0.269. The number of carbonyl (C=O) groups is 1. The molecule has 4 rings (SSSR count). The van der Waals surface area contributed by atoms with E-state index in [0.29, 0.717) is 18.7 Å². The predicted molar refractivity (Wildman–Crippen MR) is 125 cm³/mol. The molecule has 1 atom stereocenters. The molecule has 0 bridgehead atoms. The lowest BCUT2D eigenvalue weighted by atomic mass is 9.87. The van der Waals surface area contributed by atoms with Crippen molar-refractivity contribution in [2.75, 3.05) is 26.5 Å². The molecule has 1 unspecified atom stereocenters. The van der Waals surface area contributed by atoms with E-state index >= 15 is 0 Å². The average molecular weight is 434 g/mol. The van der Waals surface area contributed by atoms with Crippen LogP contribution in [0.2, 0.25) is 0 Å². The van der Waals surface area contributed by atoms with Gasteiger partial charge in [-0.1, -0.05) is 48.5 Å². The van der Waals surface area contributed by atoms with E-state index in [9.17, 15) is 4.79 Å². The molecule has 0 radical (unpaired) electrons. The molecule has 3 aromatic carbocycles. The molecule has 1 aliphatic rings. The van der Waals surface area contributed by atoms with Gasteiger partial charge >= 0.3 is 0 Å². The van der Waals surface area contributed by atoms with Gasteiger partial charge in [0, 0.05) is 23.6 Å². The van der Waals surface area contributed by atoms with Gasteiger partial charge in [0.1, 0.15) is 0 Å². The number of rotatable bonds is 7. The average Bonchev–Trinajstić information content (AvgIpc) is 2.83. The van der Waals surface area contributed by atoms with Crippen molar-refractivity contribution in [3.63, 3.8) is 0 Å². The molecule has 0 saturated heterocycles. The first-order valence-corrected chi connectivity index (χ1v) is 11.5. The van der Waals surface area contributed by atoms with E-state index in [0.717, 1.165) is 29.1 Å². The van der Waals surface area contributed by atoms with Gasteiger partial charge in [-0.05, 0) is 47.4 Å². The Morgan fingerprint density at radius 2 is 1.61 bits per heavy atom. The number of methoxy groups -OCH3 is 2. The van der Waals surface area contributed by atoms with Crippen LogP contribution < -0.4 is 9.47 Å². The Labute approximate surface area is 188 Å². The minimum absolute atomic E-state index is 0.126. The Morgan fingerprint density at radius 3 is 2.29 bits per heavy atom. The topological polar surface area (TPSA) is 38.8 Å². The standard InChI is InChI=1S/C26H27NO3S/c1-29-23-17-20-13-15-27(25(28)14-16-31-21-11-7-4-8-12-21)26(19-9-5-3-6-10-19)22(20)18-24(23)30-2/h3-12,17-18,26H,13-16H2,1-2H3. The molecule has 3 aromatic rings. The molecular formula is C26H27NO3S. The number of carbonyl (C=O) groups excluding carboxylic acids is 1. The van der Waals surface area contributed by atoms with Crippen molar-refractivity contribution in [1.82, 2.24) is 4.90 Å². The molecule has 5 heteroatoms. The van der Waals surface area contributed by atoms with Gasteiger partial charge in [0.25, 0.3) is 0 Å². The lowest BCUT2D eigenvalue weighted by molar-refractivity contribution is -0.132. The van der Waals surface area contributed by atoms with Crippen LogP contribution in [0.3, 0.4) is 0 Å². The first kappa shape index (κ1) is 21.3. The summed E-state index contributed by atoms with van der Waals surface area (Å²) in [6, 6.07) is 24.4. The smallest absolute Gasteiger partial charge is 0.224 e. The van der Waals surface area contributed by atoms with Crippen LogP contribution in [0, 0.1) is 0 Å². The lowest BCUT2D eigenvalue weighted by Crippen LogP contribution is -2.40. The van der Waals surface area contributed by atoms with Crippen molar-refractivity contribution in [1.29, 1.82) is 0 Å². The third-order valence-electron chi connectivity index (χ3n) is 5.64. The first-order chi connectivity index (χ1) is 15.2. The third kappa shape index (κ3) is 4.72. The number of amides is 1. The predicted octanol–water partition coefficient (Wildman–Crippen LogP) is 5.36. The zero-order valence-electron chi connectivity index (χ0n) is 17.9. The van der Waals surface area contributed by atoms with Gasteiger partial charge in [-0.25, -0.2) is 0 Å². The normalized spacial score (nSPS) is 15.3. The Bertz CT molecular complexity index is 1020. The van der Waals surface area contributed by atoms with Crippen molar-refractivity contribution in [3.05, 3.63) is 89.5 Å². The van der Waals surface area contributed by atoms with E-state index in [-0.39, 0.29) is 11.9 Å². The first-order valence-electron chi connectivity index (χ1n) is 10.5. The molecule has 0 aliphatic carbocycles. The number of ether oxygens (including phenoxy) is 2. The highest BCUT2D eigenvalue weighted by atomic mass is 32.2. The van der Waals surface area contributed by atoms with E-state index in [1.807, 2.05) is 47.4 Å². The molecule has 0 fully saturated rings. The largest absolute Gasteiger partial charge is 0.493 e. The van der Waals surface area contributed by atoms with E-state index < -0.39 is 0 Å². The van der Waals surface area contributed by atoms with Crippen molar-refractivity contribution >= 4 is 17.7 Å². The summed E-state index contributed by atoms with van der Waals surface area (Å²) in [5.74, 6) is 2.36. The summed E-state index contributed by atoms with van der Waals surface area (Å²) >= 11 is 1.72. The summed E-state index contributed by atoms with van der Waals surface area (Å²) in [6.07, 6.45) is 1.31. The number of fused-ring (bicyclic) bond motifs is 1. The van der Waals surface area contributed by atoms with E-state index in [4.69, 9.17) is 9.47 Å². The van der Waals surface area contributed by atoms with Crippen LogP contribution in [-0.4, -0.2) is 37.3 Å². The summed E-state index contributed by atoms with van der Waals surface area (Å²) in [4.78, 5) is 16.5. The highest BCUT2D eigenvalue weighted by molar-refractivity contribution is 7.99. The van der Waals surface area contributed by atoms with E-state index in [1.54, 1.807) is 26.0 Å². The van der Waals surface area contributed by atoms with Gasteiger partial charge in [0.05, 0.1) is 20.3 Å². The highest BCUT2D eigenvalue weighted by Crippen LogP contribution is 2.41. The molecule has 31 heavy (non-hydrogen) atoms. The van der Waals surface area contributed by atoms with Crippen molar-refractivity contribution < 1.29 is 14.3 Å². The van der Waals surface area contributed by atoms with Gasteiger partial charge in [-0.15, -0.1) is 11.8 Å². The van der Waals surface area contributed by atoms with Gasteiger partial charge in [-0.2, -0.15) is 0 Å². The number of hydrogen-bond donors (Lipinski definition) is 0. The van der Waals surface area contributed by atoms with Gasteiger partial charge in [0.15, 0.2) is 11.5 Å². The van der Waals surface area contributed by atoms with Crippen molar-refractivity contribution in [2.24, 2.45) is 0 Å². The Hall–Kier alpha value is -2.92. The molecule has 1 heterocycles. The summed E-state index contributed by atoms with van der Waals surface area (Å²) in [5, 5.41) is 0. The molecular weight excluding hydrogens is 406 g/mol. The molecule has 4 nitrogen and oxygen atoms in total. The van der Waals surface area contributed by atoms with E-state index in [2.05, 4.69) is 30.3 Å². The van der Waals surface area contributed by atoms with Crippen LogP contribution in [0.5, 0.6) is 11.5 Å². The number of thioether (sulfide) groups is 1. The van der Waals surface area contributed by atoms with Crippen LogP contribution in [0.15, 0.2) is 77.7 Å². The number of benzene rings is 3. The number of nitrogens with zero attached hydrogens (tertiary/aromatic N) is 1. The molecule has 1 amide bonds. The monoisotopic (exact) mass is 433 g/mol. The van der Waals surface area contributed by atoms with Crippen LogP contribution in [0.1, 0.15) is 29.2 Å². The third-order valence-corrected chi connectivity index (χ3v) is 6.65. The number of hydrogen-bond acceptors (Lipinski definition) is 4. The zero-order valence-corrected chi connectivity index (χ0v) is 18.7. The second kappa shape index (κ2) is 9.92. The zero-order chi connectivity index (χ0) is 21.6. The summed E-state index contributed by atoms with van der Waals surface area (Å²) < 4.78 is 11.1. The molecule has 1 aliphatic heterocycles. The molecule has 0 N–H and O–H groups in total. The molecule has 0 spiro atoms. The summed E-state index contributed by atoms with van der Waals surface area (Å²) in [7, 11) is 3.30. The second-order valence-corrected chi connectivity index (χ2v) is 8.64. The minimum Gasteiger partial charge on any atom is -0.493 e. The Balaban J connectivity index is 1.61. The van der Waals surface area contributed by atoms with Crippen molar-refractivity contribution in [2.45, 2.75) is 23.8 Å². The Kier molecular flexibility index (Phi) is 6.82. The maximum absolute atomic E-state index is 13.3. The highest BCUT2D eigenvalue weighted by Gasteiger charge is 2.33. The summed E-state index contributed by atoms with van der Waals surface area (Å²) in [6.45, 7) is 0.691. The quantitative estimate of drug-likeness (QED) is 0.470. The minimum atomic E-state index is -0.126. The lowest BCUT2D eigenvalue weighted by Gasteiger charge is -2.38. The molecule has 0 saturated carbocycles. The maximum atomic E-state index is 13.3. The van der Waals surface area contributed by atoms with Gasteiger partial charge in [-0.3, -0.25) is 4.79 Å². The van der Waals surface area contributed by atoms with Crippen LogP contribution >= 0.6 is 11.8 Å². The van der Waals surface area contributed by atoms with Gasteiger partial charge in [0.2, 0.25) is 5.91 Å². The fourth-order valence-corrected chi connectivity index (χ4v) is 4.99. The van der Waals surface area contributed by atoms with E-state index in [1.165, 1.54) is 10.5 Å². The van der Waals surface area contributed by atoms with Crippen LogP contribution in [0.4, 0.5) is 0 Å². The van der Waals surface area contributed by atoms with Crippen LogP contribution in [0.25, 0.3) is 0 Å². The van der Waals surface area contributed by atoms with Crippen LogP contribution in [-0.2, 0) is 11.2 Å². The second-order valence-electron chi connectivity index (χ2n) is 7.47. The summed E-state index contributed by atoms with van der Waals surface area (Å²) in [5.41, 5.74) is 3.42. The van der Waals surface area contributed by atoms with Gasteiger partial charge < -0.3 is 14.4 Å². The SMILES string of the molecule is COc1cc2c(cc1OC)C(c1ccccc1)N(C(=O)CCSc1ccccc1)CC2. The molecule has 0 aromatic heterocycles. The molecule has 160 valence electrons. The fourth-order valence-electron chi connectivity index (χ4n) is 4.13. The maximum Gasteiger partial charge on any atom is 0.224 e. The van der Waals surface area contributed by atoms with Crippen molar-refractivity contribution in [3.8, 4) is 11.5 Å².